The van der Waals surface area contributed by atoms with Crippen molar-refractivity contribution >= 4 is 11.6 Å². The Labute approximate surface area is 141 Å². The molecule has 1 N–H and O–H groups in total. The number of methoxy groups -OCH3 is 1. The average Bonchev–Trinajstić information content (AvgIpc) is 2.97. The maximum Gasteiger partial charge on any atom is 0.262 e. The molecule has 2 aromatic rings. The van der Waals surface area contributed by atoms with E-state index in [0.717, 1.165) is 36.6 Å². The van der Waals surface area contributed by atoms with E-state index >= 15 is 0 Å². The van der Waals surface area contributed by atoms with Crippen molar-refractivity contribution in [2.24, 2.45) is 7.05 Å². The summed E-state index contributed by atoms with van der Waals surface area (Å²) >= 11 is 0. The van der Waals surface area contributed by atoms with E-state index in [0.29, 0.717) is 12.4 Å². The Morgan fingerprint density at radius 1 is 1.38 bits per heavy atom. The first-order chi connectivity index (χ1) is 11.7. The van der Waals surface area contributed by atoms with Crippen LogP contribution in [0.1, 0.15) is 11.3 Å². The third-order valence-electron chi connectivity index (χ3n) is 4.00. The number of ether oxygens (including phenoxy) is 2. The number of hydrogen-bond acceptors (Lipinski definition) is 5. The molecule has 0 aliphatic carbocycles. The zero-order chi connectivity index (χ0) is 16.9. The van der Waals surface area contributed by atoms with Gasteiger partial charge in [0.05, 0.1) is 18.0 Å². The first-order valence-electron chi connectivity index (χ1n) is 7.89. The quantitative estimate of drug-likeness (QED) is 0.831. The summed E-state index contributed by atoms with van der Waals surface area (Å²) < 4.78 is 12.5. The summed E-state index contributed by atoms with van der Waals surface area (Å²) in [5, 5.41) is 7.07. The van der Waals surface area contributed by atoms with E-state index in [4.69, 9.17) is 9.47 Å². The number of hydrogen-bond donors (Lipinski definition) is 1. The Hall–Kier alpha value is -2.38. The molecular weight excluding hydrogens is 308 g/mol. The van der Waals surface area contributed by atoms with E-state index in [-0.39, 0.29) is 12.5 Å². The lowest BCUT2D eigenvalue weighted by Gasteiger charge is -2.24. The molecule has 1 aromatic heterocycles. The summed E-state index contributed by atoms with van der Waals surface area (Å²) in [4.78, 5) is 13.8. The van der Waals surface area contributed by atoms with Gasteiger partial charge in [0.2, 0.25) is 0 Å². The van der Waals surface area contributed by atoms with Crippen LogP contribution in [0.15, 0.2) is 30.5 Å². The number of fused-ring (bicyclic) bond motifs is 1. The van der Waals surface area contributed by atoms with Crippen molar-refractivity contribution in [3.05, 3.63) is 41.7 Å². The summed E-state index contributed by atoms with van der Waals surface area (Å²) in [7, 11) is 3.64. The van der Waals surface area contributed by atoms with Crippen LogP contribution in [0, 0.1) is 0 Å². The largest absolute Gasteiger partial charge is 0.482 e. The third-order valence-corrected chi connectivity index (χ3v) is 4.00. The third kappa shape index (κ3) is 3.93. The molecule has 1 aliphatic rings. The van der Waals surface area contributed by atoms with E-state index in [1.54, 1.807) is 13.3 Å². The van der Waals surface area contributed by atoms with E-state index in [9.17, 15) is 4.79 Å². The van der Waals surface area contributed by atoms with E-state index in [1.807, 2.05) is 36.0 Å². The topological polar surface area (TPSA) is 68.6 Å². The van der Waals surface area contributed by atoms with Crippen LogP contribution >= 0.6 is 0 Å². The highest BCUT2D eigenvalue weighted by Crippen LogP contribution is 2.29. The molecule has 0 saturated carbocycles. The predicted octanol–water partition coefficient (Wildman–Crippen LogP) is 1.40. The smallest absolute Gasteiger partial charge is 0.262 e. The minimum atomic E-state index is -0.120. The van der Waals surface area contributed by atoms with Crippen molar-refractivity contribution in [1.29, 1.82) is 0 Å². The molecule has 24 heavy (non-hydrogen) atoms. The second-order valence-corrected chi connectivity index (χ2v) is 5.82. The Balaban J connectivity index is 1.73. The summed E-state index contributed by atoms with van der Waals surface area (Å²) in [6.45, 7) is 3.06. The van der Waals surface area contributed by atoms with Gasteiger partial charge in [-0.3, -0.25) is 14.4 Å². The maximum atomic E-state index is 11.5. The number of benzene rings is 1. The lowest BCUT2D eigenvalue weighted by Crippen LogP contribution is -2.28. The van der Waals surface area contributed by atoms with Crippen LogP contribution in [-0.2, 0) is 29.7 Å². The highest BCUT2D eigenvalue weighted by atomic mass is 16.5. The second kappa shape index (κ2) is 7.46. The number of aromatic nitrogens is 2. The fraction of sp³-hybridized carbons (Fsp3) is 0.412. The molecule has 0 radical (unpaired) electrons. The molecule has 0 spiro atoms. The number of nitrogens with zero attached hydrogens (tertiary/aromatic N) is 3. The van der Waals surface area contributed by atoms with Crippen molar-refractivity contribution in [2.75, 3.05) is 32.2 Å². The molecule has 7 heteroatoms. The normalized spacial score (nSPS) is 13.5. The van der Waals surface area contributed by atoms with Crippen molar-refractivity contribution in [3.8, 4) is 5.75 Å². The van der Waals surface area contributed by atoms with Crippen LogP contribution < -0.4 is 10.1 Å². The molecule has 0 fully saturated rings. The van der Waals surface area contributed by atoms with Gasteiger partial charge in [-0.2, -0.15) is 5.10 Å². The molecular formula is C17H22N4O3. The van der Waals surface area contributed by atoms with Gasteiger partial charge in [0, 0.05) is 40.0 Å². The lowest BCUT2D eigenvalue weighted by atomic mass is 10.1. The summed E-state index contributed by atoms with van der Waals surface area (Å²) in [6, 6.07) is 7.91. The van der Waals surface area contributed by atoms with Crippen molar-refractivity contribution in [2.45, 2.75) is 13.1 Å². The lowest BCUT2D eigenvalue weighted by molar-refractivity contribution is -0.118. The fourth-order valence-electron chi connectivity index (χ4n) is 2.71. The van der Waals surface area contributed by atoms with Crippen molar-refractivity contribution in [3.63, 3.8) is 0 Å². The van der Waals surface area contributed by atoms with Gasteiger partial charge in [-0.15, -0.1) is 0 Å². The molecule has 1 amide bonds. The number of nitrogens with one attached hydrogen (secondary N) is 1. The van der Waals surface area contributed by atoms with Crippen LogP contribution in [0.3, 0.4) is 0 Å². The molecule has 3 rings (SSSR count). The van der Waals surface area contributed by atoms with Crippen LogP contribution in [0.5, 0.6) is 5.75 Å². The average molecular weight is 330 g/mol. The Kier molecular flexibility index (Phi) is 5.12. The molecule has 2 heterocycles. The minimum absolute atomic E-state index is 0.0762. The summed E-state index contributed by atoms with van der Waals surface area (Å²) in [5.74, 6) is 0.596. The molecule has 1 aromatic carbocycles. The monoisotopic (exact) mass is 330 g/mol. The zero-order valence-electron chi connectivity index (χ0n) is 14.0. The number of carbonyl (C=O) groups is 1. The number of carbonyl (C=O) groups excluding carboxylic acids is 1. The van der Waals surface area contributed by atoms with Crippen molar-refractivity contribution < 1.29 is 14.3 Å². The van der Waals surface area contributed by atoms with Crippen molar-refractivity contribution in [1.82, 2.24) is 14.7 Å². The summed E-state index contributed by atoms with van der Waals surface area (Å²) in [6.07, 6.45) is 1.80. The minimum Gasteiger partial charge on any atom is -0.482 e. The Bertz CT molecular complexity index is 714. The SMILES string of the molecule is COCCN(Cc1ccc2c(c1)NC(=O)CO2)Cc1ccnn1C. The number of amides is 1. The molecule has 7 nitrogen and oxygen atoms in total. The molecule has 128 valence electrons. The van der Waals surface area contributed by atoms with Gasteiger partial charge in [0.15, 0.2) is 6.61 Å². The van der Waals surface area contributed by atoms with Gasteiger partial charge in [0.25, 0.3) is 5.91 Å². The van der Waals surface area contributed by atoms with Gasteiger partial charge < -0.3 is 14.8 Å². The van der Waals surface area contributed by atoms with Gasteiger partial charge >= 0.3 is 0 Å². The molecule has 0 bridgehead atoms. The fourth-order valence-corrected chi connectivity index (χ4v) is 2.71. The number of aryl methyl sites for hydroxylation is 1. The van der Waals surface area contributed by atoms with Crippen LogP contribution in [-0.4, -0.2) is 47.5 Å². The number of rotatable bonds is 7. The van der Waals surface area contributed by atoms with E-state index in [1.165, 1.54) is 0 Å². The van der Waals surface area contributed by atoms with Gasteiger partial charge in [-0.1, -0.05) is 6.07 Å². The number of anilines is 1. The summed E-state index contributed by atoms with van der Waals surface area (Å²) in [5.41, 5.74) is 2.98. The standard InChI is InChI=1S/C17H22N4O3/c1-20-14(5-6-18-20)11-21(7-8-23-2)10-13-3-4-16-15(9-13)19-17(22)12-24-16/h3-6,9H,7-8,10-12H2,1-2H3,(H,19,22). The van der Waals surface area contributed by atoms with Crippen LogP contribution in [0.2, 0.25) is 0 Å². The second-order valence-electron chi connectivity index (χ2n) is 5.82. The highest BCUT2D eigenvalue weighted by Gasteiger charge is 2.17. The highest BCUT2D eigenvalue weighted by molar-refractivity contribution is 5.95. The first kappa shape index (κ1) is 16.5. The van der Waals surface area contributed by atoms with Crippen LogP contribution in [0.25, 0.3) is 0 Å². The van der Waals surface area contributed by atoms with E-state index < -0.39 is 0 Å². The molecule has 0 saturated heterocycles. The van der Waals surface area contributed by atoms with Crippen LogP contribution in [0.4, 0.5) is 5.69 Å². The Morgan fingerprint density at radius 2 is 2.25 bits per heavy atom. The predicted molar refractivity (Wildman–Crippen MR) is 89.8 cm³/mol. The molecule has 1 aliphatic heterocycles. The first-order valence-corrected chi connectivity index (χ1v) is 7.89. The van der Waals surface area contributed by atoms with E-state index in [2.05, 4.69) is 15.3 Å². The zero-order valence-corrected chi connectivity index (χ0v) is 14.0. The molecule has 0 unspecified atom stereocenters. The Morgan fingerprint density at radius 3 is 3.00 bits per heavy atom. The van der Waals surface area contributed by atoms with Gasteiger partial charge in [-0.25, -0.2) is 0 Å². The maximum absolute atomic E-state index is 11.5. The van der Waals surface area contributed by atoms with Gasteiger partial charge in [0.1, 0.15) is 5.75 Å². The molecule has 0 atom stereocenters. The van der Waals surface area contributed by atoms with Gasteiger partial charge in [-0.05, 0) is 23.8 Å².